The van der Waals surface area contributed by atoms with Gasteiger partial charge in [-0.2, -0.15) is 0 Å². The van der Waals surface area contributed by atoms with Crippen LogP contribution in [0.25, 0.3) is 22.4 Å². The number of pyridine rings is 1. The number of rotatable bonds is 8. The molecule has 2 aromatic heterocycles. The van der Waals surface area contributed by atoms with E-state index in [0.717, 1.165) is 79.2 Å². The lowest BCUT2D eigenvalue weighted by molar-refractivity contribution is -0.147. The first-order valence-corrected chi connectivity index (χ1v) is 13.6. The monoisotopic (exact) mass is 507 g/mol. The Bertz CT molecular complexity index is 1250. The first-order chi connectivity index (χ1) is 17.8. The average Bonchev–Trinajstić information content (AvgIpc) is 3.45. The predicted octanol–water partition coefficient (Wildman–Crippen LogP) is 4.16. The zero-order valence-electron chi connectivity index (χ0n) is 22.6. The first kappa shape index (κ1) is 27.1. The van der Waals surface area contributed by atoms with Crippen LogP contribution in [-0.2, 0) is 22.6 Å². The maximum atomic E-state index is 12.1. The van der Waals surface area contributed by atoms with Crippen molar-refractivity contribution in [3.8, 4) is 11.4 Å². The largest absolute Gasteiger partial charge is 0.461 e. The number of H-pyrrole nitrogens is 1. The van der Waals surface area contributed by atoms with E-state index in [1.807, 2.05) is 13.0 Å². The van der Waals surface area contributed by atoms with Crippen LogP contribution in [0.2, 0.25) is 0 Å². The summed E-state index contributed by atoms with van der Waals surface area (Å²) in [5.74, 6) is 2.08. The fourth-order valence-corrected chi connectivity index (χ4v) is 4.70. The van der Waals surface area contributed by atoms with Gasteiger partial charge in [0, 0.05) is 49.4 Å². The van der Waals surface area contributed by atoms with E-state index in [4.69, 9.17) is 9.72 Å². The highest BCUT2D eigenvalue weighted by Crippen LogP contribution is 2.27. The molecule has 1 aliphatic heterocycles. The highest BCUT2D eigenvalue weighted by molar-refractivity contribution is 5.81. The number of ether oxygens (including phenoxy) is 1. The summed E-state index contributed by atoms with van der Waals surface area (Å²) in [6.07, 6.45) is 6.11. The topological polar surface area (TPSA) is 101 Å². The third kappa shape index (κ3) is 7.29. The average molecular weight is 508 g/mol. The third-order valence-electron chi connectivity index (χ3n) is 6.67. The molecule has 5 rings (SSSR count). The van der Waals surface area contributed by atoms with Crippen LogP contribution >= 0.6 is 0 Å². The second kappa shape index (κ2) is 12.5. The number of esters is 1. The van der Waals surface area contributed by atoms with Crippen molar-refractivity contribution in [3.05, 3.63) is 51.9 Å². The van der Waals surface area contributed by atoms with Gasteiger partial charge in [0.1, 0.15) is 11.9 Å². The molecule has 1 aliphatic carbocycles. The summed E-state index contributed by atoms with van der Waals surface area (Å²) in [6, 6.07) is 8.15. The molecule has 0 amide bonds. The van der Waals surface area contributed by atoms with Gasteiger partial charge in [0.15, 0.2) is 0 Å². The molecule has 8 heteroatoms. The van der Waals surface area contributed by atoms with E-state index in [2.05, 4.69) is 59.2 Å². The SMILES string of the molecule is CC(C)C.Cc1cc(-c2nc3cc(CNCC(=O)OC4CCCC4)ccc3n2CC2CNC2)c[nH]c1=O. The van der Waals surface area contributed by atoms with Gasteiger partial charge in [-0.3, -0.25) is 9.59 Å². The van der Waals surface area contributed by atoms with Gasteiger partial charge >= 0.3 is 5.97 Å². The summed E-state index contributed by atoms with van der Waals surface area (Å²) in [5, 5.41) is 6.53. The van der Waals surface area contributed by atoms with Crippen molar-refractivity contribution in [2.24, 2.45) is 11.8 Å². The molecule has 3 aromatic rings. The predicted molar refractivity (Wildman–Crippen MR) is 147 cm³/mol. The molecule has 0 radical (unpaired) electrons. The van der Waals surface area contributed by atoms with Crippen LogP contribution in [-0.4, -0.2) is 46.2 Å². The number of aromatic amines is 1. The van der Waals surface area contributed by atoms with E-state index in [-0.39, 0.29) is 24.2 Å². The maximum absolute atomic E-state index is 12.1. The molecule has 3 heterocycles. The van der Waals surface area contributed by atoms with Gasteiger partial charge in [-0.15, -0.1) is 0 Å². The van der Waals surface area contributed by atoms with Crippen molar-refractivity contribution in [1.82, 2.24) is 25.2 Å². The molecule has 2 fully saturated rings. The van der Waals surface area contributed by atoms with E-state index in [0.29, 0.717) is 18.0 Å². The zero-order chi connectivity index (χ0) is 26.4. The van der Waals surface area contributed by atoms with Crippen molar-refractivity contribution >= 4 is 17.0 Å². The van der Waals surface area contributed by atoms with E-state index in [1.54, 1.807) is 6.20 Å². The van der Waals surface area contributed by atoms with Gasteiger partial charge in [-0.05, 0) is 62.3 Å². The highest BCUT2D eigenvalue weighted by Gasteiger charge is 2.22. The Balaban J connectivity index is 0.000000747. The number of fused-ring (bicyclic) bond motifs is 1. The molecular formula is C29H41N5O3. The van der Waals surface area contributed by atoms with E-state index < -0.39 is 0 Å². The summed E-state index contributed by atoms with van der Waals surface area (Å²) in [4.78, 5) is 31.7. The molecule has 3 N–H and O–H groups in total. The summed E-state index contributed by atoms with van der Waals surface area (Å²) < 4.78 is 7.77. The number of aryl methyl sites for hydroxylation is 1. The molecule has 8 nitrogen and oxygen atoms in total. The molecule has 0 atom stereocenters. The summed E-state index contributed by atoms with van der Waals surface area (Å²) in [5.41, 5.74) is 4.55. The lowest BCUT2D eigenvalue weighted by Gasteiger charge is -2.28. The lowest BCUT2D eigenvalue weighted by atomic mass is 10.0. The molecule has 200 valence electrons. The molecule has 0 bridgehead atoms. The fraction of sp³-hybridized carbons (Fsp3) is 0.552. The maximum Gasteiger partial charge on any atom is 0.320 e. The minimum absolute atomic E-state index is 0.0792. The van der Waals surface area contributed by atoms with Crippen molar-refractivity contribution in [1.29, 1.82) is 0 Å². The second-order valence-corrected chi connectivity index (χ2v) is 11.0. The van der Waals surface area contributed by atoms with Gasteiger partial charge in [0.25, 0.3) is 5.56 Å². The Labute approximate surface area is 219 Å². The van der Waals surface area contributed by atoms with Crippen LogP contribution in [0.15, 0.2) is 35.3 Å². The molecule has 2 aliphatic rings. The fourth-order valence-electron chi connectivity index (χ4n) is 4.70. The second-order valence-electron chi connectivity index (χ2n) is 11.0. The van der Waals surface area contributed by atoms with Crippen molar-refractivity contribution in [3.63, 3.8) is 0 Å². The summed E-state index contributed by atoms with van der Waals surface area (Å²) in [7, 11) is 0. The molecule has 0 unspecified atom stereocenters. The Morgan fingerprint density at radius 1 is 1.19 bits per heavy atom. The lowest BCUT2D eigenvalue weighted by Crippen LogP contribution is -2.44. The Hall–Kier alpha value is -2.97. The van der Waals surface area contributed by atoms with Crippen LogP contribution < -0.4 is 16.2 Å². The molecule has 1 saturated heterocycles. The van der Waals surface area contributed by atoms with E-state index >= 15 is 0 Å². The molecule has 37 heavy (non-hydrogen) atoms. The van der Waals surface area contributed by atoms with Gasteiger partial charge in [0.05, 0.1) is 17.6 Å². The number of imidazole rings is 1. The van der Waals surface area contributed by atoms with Crippen LogP contribution in [0.1, 0.15) is 57.6 Å². The number of nitrogens with one attached hydrogen (secondary N) is 3. The standard InChI is InChI=1S/C25H31N5O3.C4H10/c1-16-8-19(13-28-25(16)32)24-29-21-9-17(6-7-22(21)30(24)15-18-11-26-12-18)10-27-14-23(31)33-20-4-2-3-5-20;1-4(2)3/h6-9,13,18,20,26-27H,2-5,10-12,14-15H2,1H3,(H,28,32);4H,1-3H3. The van der Waals surface area contributed by atoms with Crippen molar-refractivity contribution in [2.75, 3.05) is 19.6 Å². The van der Waals surface area contributed by atoms with Crippen molar-refractivity contribution < 1.29 is 9.53 Å². The van der Waals surface area contributed by atoms with Crippen LogP contribution in [0, 0.1) is 18.8 Å². The Morgan fingerprint density at radius 2 is 1.92 bits per heavy atom. The van der Waals surface area contributed by atoms with Crippen LogP contribution in [0.4, 0.5) is 0 Å². The number of nitrogens with zero attached hydrogens (tertiary/aromatic N) is 2. The van der Waals surface area contributed by atoms with Crippen molar-refractivity contribution in [2.45, 2.75) is 72.6 Å². The number of aromatic nitrogens is 3. The third-order valence-corrected chi connectivity index (χ3v) is 6.67. The quantitative estimate of drug-likeness (QED) is 0.396. The minimum atomic E-state index is -0.183. The smallest absolute Gasteiger partial charge is 0.320 e. The number of carbonyl (C=O) groups is 1. The van der Waals surface area contributed by atoms with E-state index in [1.165, 1.54) is 0 Å². The molecule has 1 saturated carbocycles. The van der Waals surface area contributed by atoms with Gasteiger partial charge in [0.2, 0.25) is 0 Å². The van der Waals surface area contributed by atoms with Gasteiger partial charge in [-0.25, -0.2) is 4.98 Å². The van der Waals surface area contributed by atoms with E-state index in [9.17, 15) is 9.59 Å². The summed E-state index contributed by atoms with van der Waals surface area (Å²) >= 11 is 0. The van der Waals surface area contributed by atoms with Gasteiger partial charge < -0.3 is 24.9 Å². The molecular weight excluding hydrogens is 466 g/mol. The normalized spacial score (nSPS) is 16.0. The zero-order valence-corrected chi connectivity index (χ0v) is 22.6. The Morgan fingerprint density at radius 3 is 2.57 bits per heavy atom. The molecule has 0 spiro atoms. The van der Waals surface area contributed by atoms with Gasteiger partial charge in [-0.1, -0.05) is 26.8 Å². The number of hydrogen-bond donors (Lipinski definition) is 3. The summed E-state index contributed by atoms with van der Waals surface area (Å²) in [6.45, 7) is 12.0. The number of benzene rings is 1. The Kier molecular flexibility index (Phi) is 9.16. The first-order valence-electron chi connectivity index (χ1n) is 13.6. The van der Waals surface area contributed by atoms with Crippen LogP contribution in [0.5, 0.6) is 0 Å². The van der Waals surface area contributed by atoms with Crippen LogP contribution in [0.3, 0.4) is 0 Å². The minimum Gasteiger partial charge on any atom is -0.461 e. The number of hydrogen-bond acceptors (Lipinski definition) is 6. The number of carbonyl (C=O) groups excluding carboxylic acids is 1. The molecule has 1 aromatic carbocycles. The highest BCUT2D eigenvalue weighted by atomic mass is 16.5.